The van der Waals surface area contributed by atoms with Crippen LogP contribution in [0.4, 0.5) is 70.2 Å². The van der Waals surface area contributed by atoms with Crippen molar-refractivity contribution < 1.29 is 116 Å². The Morgan fingerprint density at radius 1 is 0.452 bits per heavy atom. The standard InChI is InChI=1S/C20H13F8NO3S2.C19H12F8N2O3S2.2ClH.2H2N.Pt/c21-10-8-9-12(23)16(27)19(17(28)13(9)24)34-5-20(29,3-6(30)1-2-7(31)32)4-33-18(14(10)25)15(26)11(8)22;20-9-7-8-11(22)15(26)18(16(27)12(8)23)34-4-19(28,29-5(30)1-2-6(31)32)3-33-17(13(9)24)14(25)10(7)21;;;;;/h1-5,29H2,(H,31,32);1-4,28H2,(H,29,30)(H,31,32);2*1H;2*1H2;/q;;;;2*-1;+4/p-2. The third-order valence-corrected chi connectivity index (χ3v) is 14.8. The summed E-state index contributed by atoms with van der Waals surface area (Å²) in [6.45, 7) is 0. The summed E-state index contributed by atoms with van der Waals surface area (Å²) in [6, 6.07) is 0. The van der Waals surface area contributed by atoms with Crippen LogP contribution in [0.3, 0.4) is 0 Å². The fraction of sp³-hybridized carbons (Fsp3) is 0.282. The van der Waals surface area contributed by atoms with Crippen molar-refractivity contribution in [3.05, 3.63) is 105 Å². The van der Waals surface area contributed by atoms with Crippen molar-refractivity contribution in [3.63, 3.8) is 0 Å². The summed E-state index contributed by atoms with van der Waals surface area (Å²) in [4.78, 5) is 40.4. The number of nitrogens with one attached hydrogen (secondary N) is 1. The Hall–Kier alpha value is -3.65. The zero-order chi connectivity index (χ0) is 53.8. The van der Waals surface area contributed by atoms with E-state index in [9.17, 15) is 89.4 Å². The van der Waals surface area contributed by atoms with E-state index in [-0.39, 0.29) is 59.3 Å². The molecule has 11 N–H and O–H groups in total. The van der Waals surface area contributed by atoms with E-state index >= 15 is 0 Å². The van der Waals surface area contributed by atoms with Crippen LogP contribution in [0.25, 0.3) is 34.6 Å². The van der Waals surface area contributed by atoms with Crippen LogP contribution < -0.4 is 16.8 Å². The quantitative estimate of drug-likeness (QED) is 0.0597. The van der Waals surface area contributed by atoms with E-state index in [4.69, 9.17) is 40.5 Å². The van der Waals surface area contributed by atoms with Gasteiger partial charge in [0.15, 0.2) is 93.1 Å². The summed E-state index contributed by atoms with van der Waals surface area (Å²) in [5.41, 5.74) is 0.129. The SMILES string of the molecule is NC1(CC(=O)CCC(=O)O)CSc2c(F)c(F)c(c(F)c2F)-c2c(F)c(F)c(c(F)c2F)SC1.NC1(NC(=O)CCC(=O)O)CSc2c(F)c(F)c(c(F)c2F)-c2c(F)c(F)c(c(F)c2F)SC1.[Cl][Pt+2][Cl].[NH2-].[NH2-]. The van der Waals surface area contributed by atoms with Crippen LogP contribution in [0.5, 0.6) is 0 Å². The largest absolute Gasteiger partial charge is 0.693 e. The second-order valence-corrected chi connectivity index (χ2v) is 21.8. The number of benzene rings is 4. The molecule has 6 aliphatic rings. The van der Waals surface area contributed by atoms with Gasteiger partial charge in [-0.05, 0) is 0 Å². The van der Waals surface area contributed by atoms with E-state index in [1.807, 2.05) is 0 Å². The average molecular weight is 1360 g/mol. The third kappa shape index (κ3) is 14.4. The van der Waals surface area contributed by atoms with Gasteiger partial charge in [-0.1, -0.05) is 0 Å². The van der Waals surface area contributed by atoms with Crippen LogP contribution in [0.2, 0.25) is 0 Å². The van der Waals surface area contributed by atoms with E-state index < -0.39 is 241 Å². The number of ketones is 1. The van der Waals surface area contributed by atoms with E-state index in [0.717, 1.165) is 0 Å². The van der Waals surface area contributed by atoms with Gasteiger partial charge in [0, 0.05) is 47.8 Å². The monoisotopic (exact) mass is 1360 g/mol. The summed E-state index contributed by atoms with van der Waals surface area (Å²) in [5.74, 6) is -42.5. The molecule has 0 aliphatic carbocycles. The van der Waals surface area contributed by atoms with Crippen molar-refractivity contribution in [1.29, 1.82) is 0 Å². The van der Waals surface area contributed by atoms with Crippen molar-refractivity contribution in [3.8, 4) is 22.3 Å². The van der Waals surface area contributed by atoms with Gasteiger partial charge in [-0.15, -0.1) is 47.0 Å². The molecule has 0 fully saturated rings. The van der Waals surface area contributed by atoms with Crippen molar-refractivity contribution in [2.75, 3.05) is 23.0 Å². The first-order valence-electron chi connectivity index (χ1n) is 18.6. The summed E-state index contributed by atoms with van der Waals surface area (Å²) < 4.78 is 234. The van der Waals surface area contributed by atoms with E-state index in [2.05, 4.69) is 5.32 Å². The molecule has 4 aromatic rings. The van der Waals surface area contributed by atoms with Crippen molar-refractivity contribution in [2.45, 2.75) is 62.9 Å². The Morgan fingerprint density at radius 3 is 0.932 bits per heavy atom. The Morgan fingerprint density at radius 2 is 0.685 bits per heavy atom. The molecular weight excluding hydrogens is 1330 g/mol. The maximum Gasteiger partial charge on any atom is -0.693 e. The second-order valence-electron chi connectivity index (χ2n) is 14.6. The number of carbonyl (C=O) groups is 4. The fourth-order valence-electron chi connectivity index (χ4n) is 6.21. The minimum absolute atomic E-state index is 0. The number of hydrogen-bond donors (Lipinski definition) is 5. The number of fused-ring (bicyclic) bond motifs is 4. The molecule has 0 unspecified atom stereocenters. The van der Waals surface area contributed by atoms with Crippen LogP contribution in [0, 0.1) is 93.1 Å². The van der Waals surface area contributed by atoms with Gasteiger partial charge in [-0.25, -0.2) is 70.2 Å². The van der Waals surface area contributed by atoms with Gasteiger partial charge in [0.25, 0.3) is 0 Å². The molecule has 0 atom stereocenters. The average Bonchev–Trinajstić information content (AvgIpc) is 3.31. The Balaban J connectivity index is 0.000000462. The summed E-state index contributed by atoms with van der Waals surface area (Å²) in [6.07, 6.45) is -3.04. The van der Waals surface area contributed by atoms with Crippen molar-refractivity contribution in [1.82, 2.24) is 5.32 Å². The Labute approximate surface area is 433 Å². The van der Waals surface area contributed by atoms with E-state index in [1.54, 1.807) is 0 Å². The minimum atomic E-state index is -2.31. The zero-order valence-electron chi connectivity index (χ0n) is 35.5. The van der Waals surface area contributed by atoms with Crippen molar-refractivity contribution in [2.24, 2.45) is 11.5 Å². The molecule has 406 valence electrons. The van der Waals surface area contributed by atoms with Gasteiger partial charge in [-0.2, -0.15) is 0 Å². The number of carboxylic acids is 2. The van der Waals surface area contributed by atoms with Crippen molar-refractivity contribution >= 4 is 89.5 Å². The molecule has 0 saturated carbocycles. The number of hydrogen-bond acceptors (Lipinski definition) is 10. The number of thioether (sulfide) groups is 4. The number of carbonyl (C=O) groups excluding carboxylic acids is 2. The first-order chi connectivity index (χ1) is 33.0. The van der Waals surface area contributed by atoms with Gasteiger partial charge in [-0.3, -0.25) is 19.2 Å². The normalized spacial score (nSPS) is 14.3. The maximum absolute atomic E-state index is 14.6. The fourth-order valence-corrected chi connectivity index (χ4v) is 10.6. The molecule has 0 saturated heterocycles. The second kappa shape index (κ2) is 26.9. The summed E-state index contributed by atoms with van der Waals surface area (Å²) in [7, 11) is 9.75. The minimum Gasteiger partial charge on any atom is -0.693 e. The molecule has 34 heteroatoms. The molecule has 4 aromatic carbocycles. The molecule has 0 aromatic heterocycles. The van der Waals surface area contributed by atoms with Gasteiger partial charge in [0.1, 0.15) is 11.4 Å². The van der Waals surface area contributed by atoms with Gasteiger partial charge in [0.05, 0.1) is 54.7 Å². The Bertz CT molecular complexity index is 2390. The first-order valence-corrected chi connectivity index (χ1v) is 28.2. The molecule has 10 rings (SSSR count). The predicted molar refractivity (Wildman–Crippen MR) is 234 cm³/mol. The molecule has 6 heterocycles. The first kappa shape index (κ1) is 65.5. The van der Waals surface area contributed by atoms with Gasteiger partial charge >= 0.3 is 47.3 Å². The molecule has 11 nitrogen and oxygen atoms in total. The molecule has 1 amide bonds. The van der Waals surface area contributed by atoms with E-state index in [0.29, 0.717) is 0 Å². The van der Waals surface area contributed by atoms with Crippen LogP contribution in [-0.4, -0.2) is 68.1 Å². The number of rotatable bonds is 9. The molecule has 73 heavy (non-hydrogen) atoms. The smallest absolute Gasteiger partial charge is 0.693 e. The maximum atomic E-state index is 14.6. The number of Topliss-reactive ketones (excluding diaryl/α,β-unsaturated/α-hetero) is 1. The van der Waals surface area contributed by atoms with Crippen LogP contribution in [0.15, 0.2) is 19.6 Å². The molecule has 8 bridgehead atoms. The topological polar surface area (TPSA) is 240 Å². The van der Waals surface area contributed by atoms with Gasteiger partial charge < -0.3 is 39.3 Å². The van der Waals surface area contributed by atoms with Crippen LogP contribution in [0.1, 0.15) is 32.1 Å². The van der Waals surface area contributed by atoms with Crippen LogP contribution in [-0.2, 0) is 35.7 Å². The van der Waals surface area contributed by atoms with Crippen LogP contribution >= 0.6 is 65.9 Å². The zero-order valence-corrected chi connectivity index (χ0v) is 42.5. The number of aliphatic carboxylic acids is 2. The predicted octanol–water partition coefficient (Wildman–Crippen LogP) is 12.3. The summed E-state index contributed by atoms with van der Waals surface area (Å²) >= 11 is -0.0620. The number of amides is 1. The molecule has 0 radical (unpaired) electrons. The molecule has 0 spiro atoms. The van der Waals surface area contributed by atoms with E-state index in [1.165, 1.54) is 0 Å². The Kier molecular flexibility index (Phi) is 24.1. The molecule has 6 aliphatic heterocycles. The number of nitrogens with two attached hydrogens (primary N) is 4. The van der Waals surface area contributed by atoms with Gasteiger partial charge in [0.2, 0.25) is 5.91 Å². The number of halogens is 18. The molecular formula is C39H29Cl2F16N5O6PtS4. The number of carboxylic acid groups (broad SMARTS) is 2. The third-order valence-electron chi connectivity index (χ3n) is 9.47. The summed E-state index contributed by atoms with van der Waals surface area (Å²) in [5, 5.41) is 19.5.